The molecule has 0 spiro atoms. The van der Waals surface area contributed by atoms with Crippen LogP contribution in [-0.2, 0) is 11.0 Å². The first-order valence-corrected chi connectivity index (χ1v) is 6.79. The Balaban J connectivity index is 2.64. The average Bonchev–Trinajstić information content (AvgIpc) is 2.51. The maximum absolute atomic E-state index is 13.4. The zero-order chi connectivity index (χ0) is 19.5. The SMILES string of the molecule is O=C(O)C#Cc1ccc(-c2ccccc2OC(F)(F)F)c(C(F)(F)F)c1. The van der Waals surface area contributed by atoms with Crippen LogP contribution in [0.15, 0.2) is 42.5 Å². The smallest absolute Gasteiger partial charge is 0.472 e. The molecular weight excluding hydrogens is 366 g/mol. The fourth-order valence-corrected chi connectivity index (χ4v) is 2.12. The Morgan fingerprint density at radius 2 is 1.62 bits per heavy atom. The van der Waals surface area contributed by atoms with Gasteiger partial charge in [0.15, 0.2) is 0 Å². The van der Waals surface area contributed by atoms with Crippen LogP contribution in [0.2, 0.25) is 0 Å². The van der Waals surface area contributed by atoms with Gasteiger partial charge >= 0.3 is 18.5 Å². The summed E-state index contributed by atoms with van der Waals surface area (Å²) in [5.41, 5.74) is -2.50. The molecule has 0 aliphatic heterocycles. The van der Waals surface area contributed by atoms with Gasteiger partial charge in [-0.15, -0.1) is 13.2 Å². The maximum atomic E-state index is 13.4. The number of carboxylic acid groups (broad SMARTS) is 1. The largest absolute Gasteiger partial charge is 0.573 e. The Labute approximate surface area is 142 Å². The van der Waals surface area contributed by atoms with Crippen molar-refractivity contribution in [3.05, 3.63) is 53.6 Å². The summed E-state index contributed by atoms with van der Waals surface area (Å²) in [5, 5.41) is 8.46. The Hall–Kier alpha value is -3.15. The lowest BCUT2D eigenvalue weighted by atomic mass is 9.96. The van der Waals surface area contributed by atoms with Gasteiger partial charge in [0.25, 0.3) is 0 Å². The lowest BCUT2D eigenvalue weighted by Gasteiger charge is -2.17. The first-order valence-electron chi connectivity index (χ1n) is 6.79. The monoisotopic (exact) mass is 374 g/mol. The molecule has 1 N–H and O–H groups in total. The molecule has 2 aromatic carbocycles. The molecule has 26 heavy (non-hydrogen) atoms. The lowest BCUT2D eigenvalue weighted by molar-refractivity contribution is -0.274. The molecule has 2 rings (SSSR count). The van der Waals surface area contributed by atoms with E-state index in [1.54, 1.807) is 5.92 Å². The summed E-state index contributed by atoms with van der Waals surface area (Å²) < 4.78 is 81.3. The van der Waals surface area contributed by atoms with Crippen LogP contribution in [0.3, 0.4) is 0 Å². The van der Waals surface area contributed by atoms with E-state index in [9.17, 15) is 31.1 Å². The highest BCUT2D eigenvalue weighted by Crippen LogP contribution is 2.41. The molecule has 0 radical (unpaired) electrons. The number of hydrogen-bond donors (Lipinski definition) is 1. The van der Waals surface area contributed by atoms with Gasteiger partial charge in [-0.05, 0) is 23.8 Å². The fraction of sp³-hybridized carbons (Fsp3) is 0.118. The highest BCUT2D eigenvalue weighted by molar-refractivity contribution is 5.87. The number of ether oxygens (including phenoxy) is 1. The zero-order valence-corrected chi connectivity index (χ0v) is 12.6. The summed E-state index contributed by atoms with van der Waals surface area (Å²) in [7, 11) is 0. The van der Waals surface area contributed by atoms with E-state index in [2.05, 4.69) is 4.74 Å². The molecule has 136 valence electrons. The summed E-state index contributed by atoms with van der Waals surface area (Å²) in [6.45, 7) is 0. The number of para-hydroxylation sites is 1. The lowest BCUT2D eigenvalue weighted by Crippen LogP contribution is -2.18. The Bertz CT molecular complexity index is 888. The minimum absolute atomic E-state index is 0.252. The number of alkyl halides is 6. The van der Waals surface area contributed by atoms with Crippen molar-refractivity contribution < 1.29 is 41.0 Å². The van der Waals surface area contributed by atoms with E-state index in [0.29, 0.717) is 6.07 Å². The molecule has 0 bridgehead atoms. The van der Waals surface area contributed by atoms with E-state index in [1.165, 1.54) is 12.1 Å². The van der Waals surface area contributed by atoms with Gasteiger partial charge in [-0.1, -0.05) is 30.2 Å². The van der Waals surface area contributed by atoms with E-state index < -0.39 is 40.9 Å². The number of hydrogen-bond acceptors (Lipinski definition) is 2. The maximum Gasteiger partial charge on any atom is 0.573 e. The summed E-state index contributed by atoms with van der Waals surface area (Å²) in [6.07, 6.45) is -10.00. The Morgan fingerprint density at radius 1 is 0.962 bits per heavy atom. The van der Waals surface area contributed by atoms with Crippen LogP contribution in [0, 0.1) is 11.8 Å². The van der Waals surface area contributed by atoms with Crippen LogP contribution in [0.25, 0.3) is 11.1 Å². The van der Waals surface area contributed by atoms with Crippen molar-refractivity contribution in [3.8, 4) is 28.7 Å². The average molecular weight is 374 g/mol. The first kappa shape index (κ1) is 19.2. The van der Waals surface area contributed by atoms with Crippen molar-refractivity contribution in [1.29, 1.82) is 0 Å². The minimum atomic E-state index is -5.08. The molecule has 0 saturated carbocycles. The quantitative estimate of drug-likeness (QED) is 0.612. The number of rotatable bonds is 2. The molecule has 0 aromatic heterocycles. The van der Waals surface area contributed by atoms with Crippen molar-refractivity contribution in [3.63, 3.8) is 0 Å². The molecule has 0 saturated heterocycles. The van der Waals surface area contributed by atoms with Crippen LogP contribution in [0.5, 0.6) is 5.75 Å². The summed E-state index contributed by atoms with van der Waals surface area (Å²) in [4.78, 5) is 10.4. The highest BCUT2D eigenvalue weighted by Gasteiger charge is 2.36. The minimum Gasteiger partial charge on any atom is -0.472 e. The normalized spacial score (nSPS) is 11.5. The zero-order valence-electron chi connectivity index (χ0n) is 12.6. The van der Waals surface area contributed by atoms with Crippen LogP contribution in [0.4, 0.5) is 26.3 Å². The van der Waals surface area contributed by atoms with Gasteiger partial charge < -0.3 is 9.84 Å². The Morgan fingerprint density at radius 3 is 2.19 bits per heavy atom. The van der Waals surface area contributed by atoms with Gasteiger partial charge in [0.1, 0.15) is 5.75 Å². The third-order valence-corrected chi connectivity index (χ3v) is 3.04. The van der Waals surface area contributed by atoms with Gasteiger partial charge in [-0.3, -0.25) is 0 Å². The molecular formula is C17H8F6O3. The summed E-state index contributed by atoms with van der Waals surface area (Å²) >= 11 is 0. The standard InChI is InChI=1S/C17H8F6O3/c18-16(19,20)13-9-10(6-8-15(24)25)5-7-11(13)12-3-1-2-4-14(12)26-17(21,22)23/h1-5,7,9H,(H,24,25). The van der Waals surface area contributed by atoms with E-state index in [4.69, 9.17) is 5.11 Å². The highest BCUT2D eigenvalue weighted by atomic mass is 19.4. The van der Waals surface area contributed by atoms with E-state index >= 15 is 0 Å². The number of aliphatic carboxylic acids is 1. The van der Waals surface area contributed by atoms with E-state index in [0.717, 1.165) is 24.3 Å². The predicted octanol–water partition coefficient (Wildman–Crippen LogP) is 4.71. The van der Waals surface area contributed by atoms with Crippen molar-refractivity contribution in [2.24, 2.45) is 0 Å². The molecule has 0 heterocycles. The molecule has 3 nitrogen and oxygen atoms in total. The van der Waals surface area contributed by atoms with Crippen molar-refractivity contribution in [1.82, 2.24) is 0 Å². The van der Waals surface area contributed by atoms with Gasteiger partial charge in [-0.25, -0.2) is 4.79 Å². The number of carboxylic acids is 1. The second-order valence-corrected chi connectivity index (χ2v) is 4.86. The van der Waals surface area contributed by atoms with Crippen LogP contribution in [0.1, 0.15) is 11.1 Å². The van der Waals surface area contributed by atoms with Gasteiger partial charge in [-0.2, -0.15) is 13.2 Å². The summed E-state index contributed by atoms with van der Waals surface area (Å²) in [6, 6.07) is 6.94. The van der Waals surface area contributed by atoms with Gasteiger partial charge in [0.2, 0.25) is 0 Å². The third kappa shape index (κ3) is 4.92. The number of halogens is 6. The number of benzene rings is 2. The van der Waals surface area contributed by atoms with Crippen LogP contribution < -0.4 is 4.74 Å². The third-order valence-electron chi connectivity index (χ3n) is 3.04. The van der Waals surface area contributed by atoms with Crippen LogP contribution >= 0.6 is 0 Å². The van der Waals surface area contributed by atoms with Gasteiger partial charge in [0.05, 0.1) is 5.56 Å². The second kappa shape index (κ2) is 7.00. The molecule has 2 aromatic rings. The number of carbonyl (C=O) groups is 1. The molecule has 0 unspecified atom stereocenters. The summed E-state index contributed by atoms with van der Waals surface area (Å²) in [5.74, 6) is 1.36. The van der Waals surface area contributed by atoms with Crippen molar-refractivity contribution in [2.75, 3.05) is 0 Å². The van der Waals surface area contributed by atoms with Crippen molar-refractivity contribution >= 4 is 5.97 Å². The molecule has 0 aliphatic carbocycles. The van der Waals surface area contributed by atoms with Crippen molar-refractivity contribution in [2.45, 2.75) is 12.5 Å². The second-order valence-electron chi connectivity index (χ2n) is 4.86. The van der Waals surface area contributed by atoms with E-state index in [-0.39, 0.29) is 5.56 Å². The fourth-order valence-electron chi connectivity index (χ4n) is 2.12. The van der Waals surface area contributed by atoms with E-state index in [1.807, 2.05) is 5.92 Å². The van der Waals surface area contributed by atoms with Crippen LogP contribution in [-0.4, -0.2) is 17.4 Å². The topological polar surface area (TPSA) is 46.5 Å². The predicted molar refractivity (Wildman–Crippen MR) is 78.1 cm³/mol. The molecule has 0 fully saturated rings. The molecule has 0 amide bonds. The first-order chi connectivity index (χ1) is 12.0. The Kier molecular flexibility index (Phi) is 5.16. The molecule has 0 atom stereocenters. The molecule has 9 heteroatoms. The van der Waals surface area contributed by atoms with Gasteiger partial charge in [0, 0.05) is 17.0 Å². The molecule has 0 aliphatic rings.